The molecule has 2 heterocycles. The van der Waals surface area contributed by atoms with E-state index in [4.69, 9.17) is 0 Å². The molecule has 1 saturated heterocycles. The van der Waals surface area contributed by atoms with Crippen molar-refractivity contribution in [3.8, 4) is 10.6 Å². The van der Waals surface area contributed by atoms with Crippen molar-refractivity contribution in [2.45, 2.75) is 38.3 Å². The van der Waals surface area contributed by atoms with Crippen molar-refractivity contribution in [2.24, 2.45) is 5.92 Å². The molecule has 7 heteroatoms. The second-order valence-electron chi connectivity index (χ2n) is 6.82. The lowest BCUT2D eigenvalue weighted by Crippen LogP contribution is -2.44. The second-order valence-corrected chi connectivity index (χ2v) is 7.81. The van der Waals surface area contributed by atoms with E-state index in [1.54, 1.807) is 12.1 Å². The van der Waals surface area contributed by atoms with Crippen LogP contribution in [0.25, 0.3) is 10.6 Å². The van der Waals surface area contributed by atoms with E-state index in [1.807, 2.05) is 6.92 Å². The van der Waals surface area contributed by atoms with Crippen LogP contribution in [0.15, 0.2) is 24.3 Å². The van der Waals surface area contributed by atoms with Gasteiger partial charge in [0.2, 0.25) is 0 Å². The molecule has 1 aromatic carbocycles. The fourth-order valence-electron chi connectivity index (χ4n) is 3.71. The van der Waals surface area contributed by atoms with Crippen LogP contribution in [0.1, 0.15) is 34.6 Å². The fraction of sp³-hybridized carbons (Fsp3) is 0.444. The molecule has 2 aromatic rings. The normalized spacial score (nSPS) is 25.6. The number of nitrogens with zero attached hydrogens (tertiary/aromatic N) is 1. The third-order valence-corrected chi connectivity index (χ3v) is 6.27. The van der Waals surface area contributed by atoms with Crippen molar-refractivity contribution in [1.29, 1.82) is 0 Å². The number of carbonyl (C=O) groups excluding carboxylic acids is 1. The minimum atomic E-state index is -0.276. The van der Waals surface area contributed by atoms with Crippen LogP contribution in [0.4, 0.5) is 4.39 Å². The number of fused-ring (bicyclic) bond motifs is 1. The summed E-state index contributed by atoms with van der Waals surface area (Å²) in [6, 6.07) is 6.95. The number of halogens is 1. The fourth-order valence-corrected chi connectivity index (χ4v) is 4.68. The van der Waals surface area contributed by atoms with Gasteiger partial charge in [-0.05, 0) is 56.4 Å². The molecule has 0 bridgehead atoms. The number of carbonyl (C=O) groups is 1. The quantitative estimate of drug-likeness (QED) is 0.787. The number of aromatic nitrogens is 1. The van der Waals surface area contributed by atoms with Crippen molar-refractivity contribution in [3.05, 3.63) is 40.7 Å². The SMILES string of the molecule is Cc1nc(-c2ccc(F)cc2)sc1C(=O)NC1CCC2NNCC2C1. The molecule has 1 amide bonds. The third kappa shape index (κ3) is 3.44. The van der Waals surface area contributed by atoms with Crippen LogP contribution in [0, 0.1) is 18.7 Å². The van der Waals surface area contributed by atoms with Gasteiger partial charge in [0.1, 0.15) is 15.7 Å². The predicted octanol–water partition coefficient (Wildman–Crippen LogP) is 2.63. The largest absolute Gasteiger partial charge is 0.349 e. The highest BCUT2D eigenvalue weighted by molar-refractivity contribution is 7.17. The summed E-state index contributed by atoms with van der Waals surface area (Å²) in [4.78, 5) is 17.8. The van der Waals surface area contributed by atoms with E-state index in [0.717, 1.165) is 42.1 Å². The van der Waals surface area contributed by atoms with Crippen LogP contribution >= 0.6 is 11.3 Å². The van der Waals surface area contributed by atoms with E-state index in [-0.39, 0.29) is 17.8 Å². The van der Waals surface area contributed by atoms with Gasteiger partial charge in [-0.15, -0.1) is 11.3 Å². The summed E-state index contributed by atoms with van der Waals surface area (Å²) < 4.78 is 13.1. The summed E-state index contributed by atoms with van der Waals surface area (Å²) in [5.41, 5.74) is 8.06. The van der Waals surface area contributed by atoms with Crippen LogP contribution in [0.2, 0.25) is 0 Å². The second kappa shape index (κ2) is 6.82. The molecule has 5 nitrogen and oxygen atoms in total. The molecular weight excluding hydrogens is 339 g/mol. The standard InChI is InChI=1S/C18H21FN4OS/c1-10-16(25-18(21-10)11-2-4-13(19)5-3-11)17(24)22-14-6-7-15-12(8-14)9-20-23-15/h2-5,12,14-15,20,23H,6-9H2,1H3,(H,22,24). The minimum Gasteiger partial charge on any atom is -0.349 e. The van der Waals surface area contributed by atoms with Gasteiger partial charge >= 0.3 is 0 Å². The number of thiazole rings is 1. The van der Waals surface area contributed by atoms with Crippen molar-refractivity contribution < 1.29 is 9.18 Å². The molecule has 1 aliphatic carbocycles. The molecule has 132 valence electrons. The van der Waals surface area contributed by atoms with Gasteiger partial charge in [0.15, 0.2) is 0 Å². The summed E-state index contributed by atoms with van der Waals surface area (Å²) in [5, 5.41) is 3.92. The molecule has 4 rings (SSSR count). The Bertz CT molecular complexity index is 776. The molecule has 1 aromatic heterocycles. The maximum Gasteiger partial charge on any atom is 0.263 e. The van der Waals surface area contributed by atoms with E-state index in [0.29, 0.717) is 16.8 Å². The van der Waals surface area contributed by atoms with Gasteiger partial charge in [0, 0.05) is 24.2 Å². The molecule has 3 N–H and O–H groups in total. The Kier molecular flexibility index (Phi) is 4.54. The zero-order chi connectivity index (χ0) is 17.4. The van der Waals surface area contributed by atoms with Gasteiger partial charge in [0.25, 0.3) is 5.91 Å². The lowest BCUT2D eigenvalue weighted by molar-refractivity contribution is 0.0921. The number of rotatable bonds is 3. The van der Waals surface area contributed by atoms with Gasteiger partial charge in [-0.25, -0.2) is 9.37 Å². The zero-order valence-corrected chi connectivity index (χ0v) is 14.8. The molecular formula is C18H21FN4OS. The van der Waals surface area contributed by atoms with E-state index in [2.05, 4.69) is 21.2 Å². The summed E-state index contributed by atoms with van der Waals surface area (Å²) in [5.74, 6) is 0.253. The van der Waals surface area contributed by atoms with E-state index < -0.39 is 0 Å². The Morgan fingerprint density at radius 1 is 1.32 bits per heavy atom. The Hall–Kier alpha value is -1.83. The highest BCUT2D eigenvalue weighted by Crippen LogP contribution is 2.30. The first kappa shape index (κ1) is 16.6. The number of nitrogens with one attached hydrogen (secondary N) is 3. The molecule has 0 spiro atoms. The van der Waals surface area contributed by atoms with Gasteiger partial charge in [-0.2, -0.15) is 0 Å². The number of hydrogen-bond acceptors (Lipinski definition) is 5. The zero-order valence-electron chi connectivity index (χ0n) is 14.0. The van der Waals surface area contributed by atoms with E-state index >= 15 is 0 Å². The summed E-state index contributed by atoms with van der Waals surface area (Å²) >= 11 is 1.36. The Balaban J connectivity index is 1.46. The van der Waals surface area contributed by atoms with Crippen molar-refractivity contribution in [2.75, 3.05) is 6.54 Å². The van der Waals surface area contributed by atoms with Crippen LogP contribution in [-0.4, -0.2) is 29.5 Å². The molecule has 2 aliphatic rings. The summed E-state index contributed by atoms with van der Waals surface area (Å²) in [6.07, 6.45) is 3.06. The number of benzene rings is 1. The van der Waals surface area contributed by atoms with E-state index in [9.17, 15) is 9.18 Å². The van der Waals surface area contributed by atoms with Crippen molar-refractivity contribution in [1.82, 2.24) is 21.2 Å². The maximum absolute atomic E-state index is 13.1. The molecule has 25 heavy (non-hydrogen) atoms. The lowest BCUT2D eigenvalue weighted by atomic mass is 9.83. The number of amides is 1. The summed E-state index contributed by atoms with van der Waals surface area (Å²) in [7, 11) is 0. The van der Waals surface area contributed by atoms with Gasteiger partial charge in [-0.3, -0.25) is 15.6 Å². The van der Waals surface area contributed by atoms with Crippen molar-refractivity contribution in [3.63, 3.8) is 0 Å². The number of aryl methyl sites for hydroxylation is 1. The Labute approximate surface area is 150 Å². The average molecular weight is 360 g/mol. The third-order valence-electron chi connectivity index (χ3n) is 5.06. The first-order valence-electron chi connectivity index (χ1n) is 8.63. The molecule has 3 unspecified atom stereocenters. The van der Waals surface area contributed by atoms with Gasteiger partial charge in [-0.1, -0.05) is 0 Å². The topological polar surface area (TPSA) is 66.0 Å². The minimum absolute atomic E-state index is 0.0503. The summed E-state index contributed by atoms with van der Waals surface area (Å²) in [6.45, 7) is 2.81. The monoisotopic (exact) mass is 360 g/mol. The van der Waals surface area contributed by atoms with Crippen LogP contribution in [0.3, 0.4) is 0 Å². The smallest absolute Gasteiger partial charge is 0.263 e. The molecule has 0 radical (unpaired) electrons. The highest BCUT2D eigenvalue weighted by atomic mass is 32.1. The predicted molar refractivity (Wildman–Crippen MR) is 95.8 cm³/mol. The molecule has 2 fully saturated rings. The molecule has 3 atom stereocenters. The molecule has 1 saturated carbocycles. The van der Waals surface area contributed by atoms with E-state index in [1.165, 1.54) is 23.5 Å². The Morgan fingerprint density at radius 2 is 2.12 bits per heavy atom. The van der Waals surface area contributed by atoms with Crippen LogP contribution in [0.5, 0.6) is 0 Å². The highest BCUT2D eigenvalue weighted by Gasteiger charge is 2.34. The first-order valence-corrected chi connectivity index (χ1v) is 9.44. The van der Waals surface area contributed by atoms with Gasteiger partial charge in [0.05, 0.1) is 5.69 Å². The van der Waals surface area contributed by atoms with Crippen LogP contribution in [-0.2, 0) is 0 Å². The Morgan fingerprint density at radius 3 is 2.92 bits per heavy atom. The van der Waals surface area contributed by atoms with Crippen LogP contribution < -0.4 is 16.2 Å². The lowest BCUT2D eigenvalue weighted by Gasteiger charge is -2.31. The average Bonchev–Trinajstić information content (AvgIpc) is 3.21. The number of hydrazine groups is 1. The van der Waals surface area contributed by atoms with Crippen molar-refractivity contribution >= 4 is 17.2 Å². The first-order chi connectivity index (χ1) is 12.1. The molecule has 1 aliphatic heterocycles. The number of hydrogen-bond donors (Lipinski definition) is 3. The van der Waals surface area contributed by atoms with Gasteiger partial charge < -0.3 is 5.32 Å². The maximum atomic E-state index is 13.1.